The quantitative estimate of drug-likeness (QED) is 0.649. The topological polar surface area (TPSA) is 54.5 Å². The van der Waals surface area contributed by atoms with E-state index in [1.165, 1.54) is 0 Å². The van der Waals surface area contributed by atoms with Crippen LogP contribution in [0.4, 0.5) is 0 Å². The van der Waals surface area contributed by atoms with Crippen LogP contribution in [0.5, 0.6) is 0 Å². The molecule has 1 N–H and O–H groups in total. The molecule has 0 atom stereocenters. The van der Waals surface area contributed by atoms with Crippen LogP contribution in [0.1, 0.15) is 0 Å². The molecule has 0 saturated carbocycles. The monoisotopic (exact) mass is 146 g/mol. The van der Waals surface area contributed by atoms with Crippen LogP contribution in [0.15, 0.2) is 30.9 Å². The molecule has 2 aromatic heterocycles. The number of hydrogen-bond donors (Lipinski definition) is 1. The Morgan fingerprint density at radius 3 is 3.00 bits per heavy atom. The molecule has 0 spiro atoms. The minimum atomic E-state index is 0.748. The molecule has 4 nitrogen and oxygen atoms in total. The summed E-state index contributed by atoms with van der Waals surface area (Å²) in [5.74, 6) is 0.748. The van der Waals surface area contributed by atoms with Gasteiger partial charge in [-0.25, -0.2) is 0 Å². The van der Waals surface area contributed by atoms with Crippen molar-refractivity contribution >= 4 is 0 Å². The normalized spacial score (nSPS) is 9.82. The third-order valence-corrected chi connectivity index (χ3v) is 1.35. The van der Waals surface area contributed by atoms with E-state index in [9.17, 15) is 0 Å². The minimum Gasteiger partial charge on any atom is -0.328 e. The molecule has 54 valence electrons. The summed E-state index contributed by atoms with van der Waals surface area (Å²) < 4.78 is 0. The number of H-pyrrole nitrogens is 1. The van der Waals surface area contributed by atoms with Gasteiger partial charge in [-0.05, 0) is 12.1 Å². The van der Waals surface area contributed by atoms with Gasteiger partial charge in [0.05, 0.1) is 0 Å². The second-order valence-electron chi connectivity index (χ2n) is 2.08. The zero-order valence-electron chi connectivity index (χ0n) is 5.73. The highest BCUT2D eigenvalue weighted by molar-refractivity contribution is 5.51. The second-order valence-corrected chi connectivity index (χ2v) is 2.08. The van der Waals surface area contributed by atoms with Crippen LogP contribution in [0, 0.1) is 0 Å². The molecule has 0 radical (unpaired) electrons. The number of pyridine rings is 1. The van der Waals surface area contributed by atoms with E-state index in [0.717, 1.165) is 11.4 Å². The van der Waals surface area contributed by atoms with Gasteiger partial charge in [0.25, 0.3) is 0 Å². The van der Waals surface area contributed by atoms with Gasteiger partial charge in [0.1, 0.15) is 6.33 Å². The van der Waals surface area contributed by atoms with E-state index < -0.39 is 0 Å². The van der Waals surface area contributed by atoms with Gasteiger partial charge in [-0.3, -0.25) is 4.98 Å². The summed E-state index contributed by atoms with van der Waals surface area (Å²) in [6.07, 6.45) is 5.00. The van der Waals surface area contributed by atoms with Crippen molar-refractivity contribution in [1.82, 2.24) is 20.2 Å². The van der Waals surface area contributed by atoms with E-state index in [0.29, 0.717) is 0 Å². The van der Waals surface area contributed by atoms with E-state index >= 15 is 0 Å². The fourth-order valence-electron chi connectivity index (χ4n) is 0.849. The Bertz CT molecular complexity index is 313. The maximum absolute atomic E-state index is 3.95. The van der Waals surface area contributed by atoms with Crippen molar-refractivity contribution < 1.29 is 0 Å². The van der Waals surface area contributed by atoms with E-state index in [2.05, 4.69) is 20.2 Å². The molecule has 2 heterocycles. The largest absolute Gasteiger partial charge is 0.328 e. The van der Waals surface area contributed by atoms with Gasteiger partial charge in [0, 0.05) is 18.0 Å². The second kappa shape index (κ2) is 2.49. The molecule has 0 unspecified atom stereocenters. The smallest absolute Gasteiger partial charge is 0.162 e. The highest BCUT2D eigenvalue weighted by Gasteiger charge is 1.97. The zero-order valence-corrected chi connectivity index (χ0v) is 5.73. The van der Waals surface area contributed by atoms with Crippen molar-refractivity contribution in [3.8, 4) is 11.4 Å². The van der Waals surface area contributed by atoms with E-state index in [1.54, 1.807) is 18.7 Å². The summed E-state index contributed by atoms with van der Waals surface area (Å²) >= 11 is 0. The summed E-state index contributed by atoms with van der Waals surface area (Å²) in [5.41, 5.74) is 0.949. The van der Waals surface area contributed by atoms with Crippen LogP contribution >= 0.6 is 0 Å². The van der Waals surface area contributed by atoms with Crippen LogP contribution < -0.4 is 0 Å². The SMILES string of the molecule is c1cncc(-c2nnc[nH]2)c1. The molecule has 0 bridgehead atoms. The van der Waals surface area contributed by atoms with Crippen molar-refractivity contribution in [1.29, 1.82) is 0 Å². The Labute approximate surface area is 63.3 Å². The Morgan fingerprint density at radius 1 is 1.36 bits per heavy atom. The van der Waals surface area contributed by atoms with Gasteiger partial charge in [0.2, 0.25) is 0 Å². The number of aromatic amines is 1. The van der Waals surface area contributed by atoms with E-state index in [1.807, 2.05) is 12.1 Å². The van der Waals surface area contributed by atoms with Crippen molar-refractivity contribution in [3.05, 3.63) is 30.9 Å². The van der Waals surface area contributed by atoms with Crippen molar-refractivity contribution in [2.24, 2.45) is 0 Å². The van der Waals surface area contributed by atoms with Crippen molar-refractivity contribution in [2.75, 3.05) is 0 Å². The number of nitrogens with zero attached hydrogens (tertiary/aromatic N) is 3. The fourth-order valence-corrected chi connectivity index (χ4v) is 0.849. The third kappa shape index (κ3) is 1.10. The summed E-state index contributed by atoms with van der Waals surface area (Å²) in [7, 11) is 0. The van der Waals surface area contributed by atoms with Crippen LogP contribution in [0.2, 0.25) is 0 Å². The predicted octanol–water partition coefficient (Wildman–Crippen LogP) is 0.867. The van der Waals surface area contributed by atoms with Crippen molar-refractivity contribution in [3.63, 3.8) is 0 Å². The first-order valence-electron chi connectivity index (χ1n) is 3.23. The van der Waals surface area contributed by atoms with Crippen LogP contribution in [0.25, 0.3) is 11.4 Å². The predicted molar refractivity (Wildman–Crippen MR) is 39.6 cm³/mol. The van der Waals surface area contributed by atoms with Gasteiger partial charge in [-0.1, -0.05) is 0 Å². The molecule has 2 rings (SSSR count). The number of aromatic nitrogens is 4. The van der Waals surface area contributed by atoms with E-state index in [4.69, 9.17) is 0 Å². The molecule has 2 aromatic rings. The highest BCUT2D eigenvalue weighted by atomic mass is 15.2. The van der Waals surface area contributed by atoms with Crippen LogP contribution in [-0.2, 0) is 0 Å². The molecule has 0 aliphatic rings. The third-order valence-electron chi connectivity index (χ3n) is 1.35. The molecular formula is C7H6N4. The molecule has 11 heavy (non-hydrogen) atoms. The molecule has 0 saturated heterocycles. The summed E-state index contributed by atoms with van der Waals surface area (Å²) in [6, 6.07) is 3.78. The number of hydrogen-bond acceptors (Lipinski definition) is 3. The lowest BCUT2D eigenvalue weighted by Gasteiger charge is -1.90. The van der Waals surface area contributed by atoms with E-state index in [-0.39, 0.29) is 0 Å². The average molecular weight is 146 g/mol. The Kier molecular flexibility index (Phi) is 1.37. The van der Waals surface area contributed by atoms with Gasteiger partial charge < -0.3 is 4.98 Å². The Balaban J connectivity index is 2.46. The van der Waals surface area contributed by atoms with Crippen molar-refractivity contribution in [2.45, 2.75) is 0 Å². The standard InChI is InChI=1S/C7H6N4/c1-2-6(4-8-3-1)7-9-5-10-11-7/h1-5H,(H,9,10,11). The van der Waals surface area contributed by atoms with Gasteiger partial charge in [-0.15, -0.1) is 10.2 Å². The number of rotatable bonds is 1. The maximum atomic E-state index is 3.95. The Morgan fingerprint density at radius 2 is 2.36 bits per heavy atom. The molecule has 0 aromatic carbocycles. The minimum absolute atomic E-state index is 0.748. The van der Waals surface area contributed by atoms with Gasteiger partial charge in [0.15, 0.2) is 5.82 Å². The lowest BCUT2D eigenvalue weighted by atomic mass is 10.3. The molecular weight excluding hydrogens is 140 g/mol. The lowest BCUT2D eigenvalue weighted by molar-refractivity contribution is 1.09. The van der Waals surface area contributed by atoms with Crippen LogP contribution in [0.3, 0.4) is 0 Å². The molecule has 0 amide bonds. The molecule has 0 aliphatic carbocycles. The number of nitrogens with one attached hydrogen (secondary N) is 1. The molecule has 0 fully saturated rings. The van der Waals surface area contributed by atoms with Gasteiger partial charge >= 0.3 is 0 Å². The summed E-state index contributed by atoms with van der Waals surface area (Å²) in [4.78, 5) is 6.84. The first kappa shape index (κ1) is 6.03. The first-order chi connectivity index (χ1) is 5.47. The highest BCUT2D eigenvalue weighted by Crippen LogP contribution is 2.09. The van der Waals surface area contributed by atoms with Gasteiger partial charge in [-0.2, -0.15) is 0 Å². The summed E-state index contributed by atoms with van der Waals surface area (Å²) in [5, 5.41) is 7.51. The summed E-state index contributed by atoms with van der Waals surface area (Å²) in [6.45, 7) is 0. The molecule has 4 heteroatoms. The average Bonchev–Trinajstić information content (AvgIpc) is 2.58. The Hall–Kier alpha value is -1.71. The fraction of sp³-hybridized carbons (Fsp3) is 0. The van der Waals surface area contributed by atoms with Crippen LogP contribution in [-0.4, -0.2) is 20.2 Å². The first-order valence-corrected chi connectivity index (χ1v) is 3.23. The maximum Gasteiger partial charge on any atom is 0.162 e. The lowest BCUT2D eigenvalue weighted by Crippen LogP contribution is -1.80. The zero-order chi connectivity index (χ0) is 7.52. The molecule has 0 aliphatic heterocycles.